The second kappa shape index (κ2) is 6.44. The van der Waals surface area contributed by atoms with Crippen LogP contribution < -0.4 is 0 Å². The third-order valence-corrected chi connectivity index (χ3v) is 2.87. The first kappa shape index (κ1) is 12.0. The SMILES string of the molecule is CCCCCn1cnnc1SCC(=O)O. The van der Waals surface area contributed by atoms with Crippen molar-refractivity contribution in [1.29, 1.82) is 0 Å². The summed E-state index contributed by atoms with van der Waals surface area (Å²) in [7, 11) is 0. The summed E-state index contributed by atoms with van der Waals surface area (Å²) in [6.45, 7) is 3.01. The molecular formula is C9H15N3O2S. The van der Waals surface area contributed by atoms with E-state index < -0.39 is 5.97 Å². The molecule has 15 heavy (non-hydrogen) atoms. The minimum absolute atomic E-state index is 0.0342. The van der Waals surface area contributed by atoms with E-state index in [4.69, 9.17) is 5.11 Å². The van der Waals surface area contributed by atoms with Crippen LogP contribution in [-0.2, 0) is 11.3 Å². The van der Waals surface area contributed by atoms with Gasteiger partial charge in [-0.05, 0) is 6.42 Å². The average molecular weight is 229 g/mol. The summed E-state index contributed by atoms with van der Waals surface area (Å²) in [4.78, 5) is 10.4. The van der Waals surface area contributed by atoms with Crippen molar-refractivity contribution in [3.63, 3.8) is 0 Å². The summed E-state index contributed by atoms with van der Waals surface area (Å²) in [5.74, 6) is -0.796. The molecule has 1 aromatic heterocycles. The first-order valence-electron chi connectivity index (χ1n) is 4.96. The van der Waals surface area contributed by atoms with E-state index in [0.29, 0.717) is 5.16 Å². The Morgan fingerprint density at radius 1 is 1.60 bits per heavy atom. The smallest absolute Gasteiger partial charge is 0.313 e. The highest BCUT2D eigenvalue weighted by atomic mass is 32.2. The lowest BCUT2D eigenvalue weighted by atomic mass is 10.2. The van der Waals surface area contributed by atoms with Gasteiger partial charge in [0.05, 0.1) is 5.75 Å². The fourth-order valence-electron chi connectivity index (χ4n) is 1.17. The number of aryl methyl sites for hydroxylation is 1. The van der Waals surface area contributed by atoms with E-state index in [9.17, 15) is 4.79 Å². The fraction of sp³-hybridized carbons (Fsp3) is 0.667. The highest BCUT2D eigenvalue weighted by Gasteiger charge is 2.06. The Morgan fingerprint density at radius 3 is 3.07 bits per heavy atom. The van der Waals surface area contributed by atoms with Crippen molar-refractivity contribution >= 4 is 17.7 Å². The van der Waals surface area contributed by atoms with Gasteiger partial charge in [0.1, 0.15) is 6.33 Å². The maximum Gasteiger partial charge on any atom is 0.313 e. The van der Waals surface area contributed by atoms with E-state index in [2.05, 4.69) is 17.1 Å². The van der Waals surface area contributed by atoms with Crippen molar-refractivity contribution < 1.29 is 9.90 Å². The molecule has 0 bridgehead atoms. The van der Waals surface area contributed by atoms with Crippen LogP contribution in [0, 0.1) is 0 Å². The van der Waals surface area contributed by atoms with Crippen LogP contribution in [0.1, 0.15) is 26.2 Å². The summed E-state index contributed by atoms with van der Waals surface area (Å²) in [6.07, 6.45) is 5.07. The molecule has 6 heteroatoms. The van der Waals surface area contributed by atoms with Crippen LogP contribution in [0.5, 0.6) is 0 Å². The van der Waals surface area contributed by atoms with E-state index in [1.807, 2.05) is 4.57 Å². The van der Waals surface area contributed by atoms with E-state index in [1.54, 1.807) is 6.33 Å². The Balaban J connectivity index is 2.42. The Bertz CT molecular complexity index is 314. The first-order valence-corrected chi connectivity index (χ1v) is 5.95. The summed E-state index contributed by atoms with van der Waals surface area (Å²) >= 11 is 1.21. The molecule has 0 amide bonds. The number of nitrogens with zero attached hydrogens (tertiary/aromatic N) is 3. The second-order valence-corrected chi connectivity index (χ2v) is 4.14. The molecule has 0 aliphatic heterocycles. The van der Waals surface area contributed by atoms with E-state index in [1.165, 1.54) is 24.6 Å². The van der Waals surface area contributed by atoms with Gasteiger partial charge in [-0.1, -0.05) is 31.5 Å². The molecule has 0 aliphatic rings. The molecule has 1 heterocycles. The van der Waals surface area contributed by atoms with E-state index in [0.717, 1.165) is 13.0 Å². The normalized spacial score (nSPS) is 10.5. The Kier molecular flexibility index (Phi) is 5.17. The molecule has 0 aromatic carbocycles. The lowest BCUT2D eigenvalue weighted by Gasteiger charge is -2.03. The third-order valence-electron chi connectivity index (χ3n) is 1.91. The lowest BCUT2D eigenvalue weighted by Crippen LogP contribution is -2.02. The quantitative estimate of drug-likeness (QED) is 0.568. The van der Waals surface area contributed by atoms with Crippen LogP contribution in [0.2, 0.25) is 0 Å². The van der Waals surface area contributed by atoms with Crippen LogP contribution in [0.25, 0.3) is 0 Å². The number of aliphatic carboxylic acids is 1. The zero-order chi connectivity index (χ0) is 11.1. The molecule has 0 spiro atoms. The van der Waals surface area contributed by atoms with Gasteiger partial charge in [0.25, 0.3) is 0 Å². The largest absolute Gasteiger partial charge is 0.481 e. The van der Waals surface area contributed by atoms with Gasteiger partial charge in [0.2, 0.25) is 0 Å². The summed E-state index contributed by atoms with van der Waals surface area (Å²) in [5, 5.41) is 16.9. The average Bonchev–Trinajstić information content (AvgIpc) is 2.63. The standard InChI is InChI=1S/C9H15N3O2S/c1-2-3-4-5-12-7-10-11-9(12)15-6-8(13)14/h7H,2-6H2,1H3,(H,13,14). The van der Waals surface area contributed by atoms with Gasteiger partial charge in [0.15, 0.2) is 5.16 Å². The predicted octanol–water partition coefficient (Wildman–Crippen LogP) is 1.65. The number of hydrogen-bond donors (Lipinski definition) is 1. The van der Waals surface area contributed by atoms with Gasteiger partial charge < -0.3 is 9.67 Å². The van der Waals surface area contributed by atoms with E-state index >= 15 is 0 Å². The van der Waals surface area contributed by atoms with Crippen molar-refractivity contribution in [2.75, 3.05) is 5.75 Å². The summed E-state index contributed by atoms with van der Waals surface area (Å²) < 4.78 is 1.91. The molecule has 0 aliphatic carbocycles. The van der Waals surface area contributed by atoms with Crippen molar-refractivity contribution in [1.82, 2.24) is 14.8 Å². The molecule has 5 nitrogen and oxygen atoms in total. The van der Waals surface area contributed by atoms with Crippen LogP contribution in [0.3, 0.4) is 0 Å². The molecule has 0 saturated carbocycles. The fourth-order valence-corrected chi connectivity index (χ4v) is 1.83. The maximum absolute atomic E-state index is 10.4. The molecule has 0 unspecified atom stereocenters. The molecular weight excluding hydrogens is 214 g/mol. The highest BCUT2D eigenvalue weighted by molar-refractivity contribution is 7.99. The monoisotopic (exact) mass is 229 g/mol. The Hall–Kier alpha value is -1.04. The zero-order valence-electron chi connectivity index (χ0n) is 8.72. The number of carbonyl (C=O) groups is 1. The number of carboxylic acids is 1. The Morgan fingerprint density at radius 2 is 2.40 bits per heavy atom. The van der Waals surface area contributed by atoms with Crippen molar-refractivity contribution in [3.8, 4) is 0 Å². The summed E-state index contributed by atoms with van der Waals surface area (Å²) in [5.41, 5.74) is 0. The van der Waals surface area contributed by atoms with Gasteiger partial charge in [-0.2, -0.15) is 0 Å². The molecule has 0 radical (unpaired) electrons. The number of thioether (sulfide) groups is 1. The topological polar surface area (TPSA) is 68.0 Å². The second-order valence-electron chi connectivity index (χ2n) is 3.20. The van der Waals surface area contributed by atoms with Crippen LogP contribution in [0.4, 0.5) is 0 Å². The number of aromatic nitrogens is 3. The molecule has 0 saturated heterocycles. The van der Waals surface area contributed by atoms with Crippen molar-refractivity contribution in [2.45, 2.75) is 37.9 Å². The lowest BCUT2D eigenvalue weighted by molar-refractivity contribution is -0.133. The number of unbranched alkanes of at least 4 members (excludes halogenated alkanes) is 2. The molecule has 0 atom stereocenters. The molecule has 1 N–H and O–H groups in total. The van der Waals surface area contributed by atoms with Crippen molar-refractivity contribution in [3.05, 3.63) is 6.33 Å². The van der Waals surface area contributed by atoms with Gasteiger partial charge in [-0.15, -0.1) is 10.2 Å². The zero-order valence-corrected chi connectivity index (χ0v) is 9.53. The van der Waals surface area contributed by atoms with Crippen LogP contribution in [-0.4, -0.2) is 31.6 Å². The minimum atomic E-state index is -0.830. The van der Waals surface area contributed by atoms with Gasteiger partial charge in [0, 0.05) is 6.54 Å². The van der Waals surface area contributed by atoms with Gasteiger partial charge in [-0.3, -0.25) is 4.79 Å². The van der Waals surface area contributed by atoms with Crippen molar-refractivity contribution in [2.24, 2.45) is 0 Å². The maximum atomic E-state index is 10.4. The molecule has 1 aromatic rings. The minimum Gasteiger partial charge on any atom is -0.481 e. The molecule has 1 rings (SSSR count). The van der Waals surface area contributed by atoms with Crippen LogP contribution in [0.15, 0.2) is 11.5 Å². The van der Waals surface area contributed by atoms with Crippen LogP contribution >= 0.6 is 11.8 Å². The molecule has 84 valence electrons. The Labute approximate surface area is 92.9 Å². The highest BCUT2D eigenvalue weighted by Crippen LogP contribution is 2.14. The van der Waals surface area contributed by atoms with E-state index in [-0.39, 0.29) is 5.75 Å². The summed E-state index contributed by atoms with van der Waals surface area (Å²) in [6, 6.07) is 0. The van der Waals surface area contributed by atoms with Gasteiger partial charge >= 0.3 is 5.97 Å². The predicted molar refractivity (Wildman–Crippen MR) is 57.9 cm³/mol. The number of carboxylic acid groups (broad SMARTS) is 1. The van der Waals surface area contributed by atoms with Gasteiger partial charge in [-0.25, -0.2) is 0 Å². The first-order chi connectivity index (χ1) is 7.24. The number of rotatable bonds is 7. The third kappa shape index (κ3) is 4.33. The number of hydrogen-bond acceptors (Lipinski definition) is 4. The molecule has 0 fully saturated rings.